The lowest BCUT2D eigenvalue weighted by Gasteiger charge is -2.26. The predicted octanol–water partition coefficient (Wildman–Crippen LogP) is 9.73. The summed E-state index contributed by atoms with van der Waals surface area (Å²) in [6.45, 7) is 0. The molecule has 1 aliphatic carbocycles. The van der Waals surface area contributed by atoms with Crippen molar-refractivity contribution in [3.05, 3.63) is 151 Å². The van der Waals surface area contributed by atoms with Crippen molar-refractivity contribution >= 4 is 34.0 Å². The maximum atomic E-state index is 2.44. The smallest absolute Gasteiger partial charge is 0.0539 e. The fourth-order valence-corrected chi connectivity index (χ4v) is 5.68. The lowest BCUT2D eigenvalue weighted by Crippen LogP contribution is -2.09. The molecule has 0 spiro atoms. The van der Waals surface area contributed by atoms with E-state index in [9.17, 15) is 0 Å². The number of anilines is 3. The first kappa shape index (κ1) is 22.4. The van der Waals surface area contributed by atoms with E-state index in [1.54, 1.807) is 0 Å². The first-order valence-electron chi connectivity index (χ1n) is 13.3. The van der Waals surface area contributed by atoms with Crippen LogP contribution >= 0.6 is 0 Å². The van der Waals surface area contributed by atoms with E-state index in [1.165, 1.54) is 39.0 Å². The predicted molar refractivity (Wildman–Crippen MR) is 161 cm³/mol. The third-order valence-electron chi connectivity index (χ3n) is 7.44. The van der Waals surface area contributed by atoms with Crippen molar-refractivity contribution in [3.63, 3.8) is 0 Å². The van der Waals surface area contributed by atoms with E-state index in [4.69, 9.17) is 0 Å². The number of para-hydroxylation sites is 2. The summed E-state index contributed by atoms with van der Waals surface area (Å²) in [4.78, 5) is 2.35. The highest BCUT2D eigenvalue weighted by Crippen LogP contribution is 2.40. The van der Waals surface area contributed by atoms with Crippen LogP contribution < -0.4 is 4.90 Å². The number of benzene rings is 5. The summed E-state index contributed by atoms with van der Waals surface area (Å²) in [7, 11) is 0. The van der Waals surface area contributed by atoms with Crippen LogP contribution in [-0.2, 0) is 6.42 Å². The first-order valence-corrected chi connectivity index (χ1v) is 13.3. The number of allylic oxidation sites excluding steroid dienone is 1. The molecule has 182 valence electrons. The fraction of sp³-hybridized carbons (Fsp3) is 0.0556. The lowest BCUT2D eigenvalue weighted by molar-refractivity contribution is 0.888. The molecule has 0 aliphatic heterocycles. The Hall–Kier alpha value is -4.82. The molecule has 38 heavy (non-hydrogen) atoms. The zero-order valence-electron chi connectivity index (χ0n) is 21.2. The minimum atomic E-state index is 1.05. The van der Waals surface area contributed by atoms with Crippen molar-refractivity contribution in [3.8, 4) is 16.8 Å². The summed E-state index contributed by atoms with van der Waals surface area (Å²) in [5.41, 5.74) is 11.1. The van der Waals surface area contributed by atoms with Gasteiger partial charge < -0.3 is 9.47 Å². The highest BCUT2D eigenvalue weighted by molar-refractivity contribution is 5.97. The van der Waals surface area contributed by atoms with Crippen molar-refractivity contribution < 1.29 is 0 Å². The van der Waals surface area contributed by atoms with Gasteiger partial charge in [-0.1, -0.05) is 91.0 Å². The van der Waals surface area contributed by atoms with Crippen molar-refractivity contribution in [1.82, 2.24) is 4.57 Å². The molecule has 2 heteroatoms. The number of nitrogens with zero attached hydrogens (tertiary/aromatic N) is 2. The van der Waals surface area contributed by atoms with Crippen LogP contribution in [0, 0.1) is 0 Å². The van der Waals surface area contributed by atoms with Crippen LogP contribution in [0.3, 0.4) is 0 Å². The number of hydrogen-bond donors (Lipinski definition) is 0. The molecule has 0 atom stereocenters. The van der Waals surface area contributed by atoms with E-state index in [2.05, 4.69) is 155 Å². The molecule has 0 amide bonds. The van der Waals surface area contributed by atoms with Gasteiger partial charge in [0.05, 0.1) is 5.52 Å². The standard InChI is InChI=1S/C36H28N2/c1-4-12-27(13-5-1)28-20-22-31(23-21-28)37(29-14-6-2-7-15-29)32-24-25-36-34(26-32)33-18-10-11-19-35(33)38(36)30-16-8-3-9-17-30/h1-10,12-18,20-26H,11,19H2. The van der Waals surface area contributed by atoms with Gasteiger partial charge in [-0.05, 0) is 78.6 Å². The monoisotopic (exact) mass is 488 g/mol. The van der Waals surface area contributed by atoms with Gasteiger partial charge in [-0.2, -0.15) is 0 Å². The van der Waals surface area contributed by atoms with Gasteiger partial charge >= 0.3 is 0 Å². The van der Waals surface area contributed by atoms with Gasteiger partial charge in [-0.25, -0.2) is 0 Å². The maximum absolute atomic E-state index is 2.44. The molecular formula is C36H28N2. The van der Waals surface area contributed by atoms with Gasteiger partial charge in [0.2, 0.25) is 0 Å². The minimum absolute atomic E-state index is 1.05. The zero-order chi connectivity index (χ0) is 25.3. The molecule has 2 nitrogen and oxygen atoms in total. The summed E-state index contributed by atoms with van der Waals surface area (Å²) in [5.74, 6) is 0. The Morgan fingerprint density at radius 2 is 1.16 bits per heavy atom. The normalized spacial score (nSPS) is 12.4. The van der Waals surface area contributed by atoms with Crippen LogP contribution in [0.15, 0.2) is 140 Å². The fourth-order valence-electron chi connectivity index (χ4n) is 5.68. The van der Waals surface area contributed by atoms with E-state index in [0.717, 1.165) is 29.9 Å². The van der Waals surface area contributed by atoms with Crippen LogP contribution in [0.25, 0.3) is 33.8 Å². The zero-order valence-corrected chi connectivity index (χ0v) is 21.2. The average Bonchev–Trinajstić information content (AvgIpc) is 3.33. The molecule has 0 N–H and O–H groups in total. The van der Waals surface area contributed by atoms with Crippen LogP contribution in [0.4, 0.5) is 17.1 Å². The Morgan fingerprint density at radius 3 is 1.89 bits per heavy atom. The quantitative estimate of drug-likeness (QED) is 0.234. The van der Waals surface area contributed by atoms with Gasteiger partial charge in [0, 0.05) is 39.4 Å². The van der Waals surface area contributed by atoms with Crippen molar-refractivity contribution in [1.29, 1.82) is 0 Å². The summed E-state index contributed by atoms with van der Waals surface area (Å²) < 4.78 is 2.44. The summed E-state index contributed by atoms with van der Waals surface area (Å²) in [6.07, 6.45) is 6.74. The van der Waals surface area contributed by atoms with Gasteiger partial charge in [-0.15, -0.1) is 0 Å². The van der Waals surface area contributed by atoms with Gasteiger partial charge in [-0.3, -0.25) is 0 Å². The van der Waals surface area contributed by atoms with Crippen LogP contribution in [0.2, 0.25) is 0 Å². The molecule has 0 unspecified atom stereocenters. The Morgan fingerprint density at radius 1 is 0.553 bits per heavy atom. The molecule has 1 aromatic heterocycles. The second-order valence-electron chi connectivity index (χ2n) is 9.76. The van der Waals surface area contributed by atoms with E-state index >= 15 is 0 Å². The molecule has 0 fully saturated rings. The Kier molecular flexibility index (Phi) is 5.64. The molecular weight excluding hydrogens is 460 g/mol. The second-order valence-corrected chi connectivity index (χ2v) is 9.76. The van der Waals surface area contributed by atoms with Crippen LogP contribution in [0.1, 0.15) is 17.7 Å². The van der Waals surface area contributed by atoms with E-state index in [1.807, 2.05) is 0 Å². The number of aromatic nitrogens is 1. The molecule has 0 bridgehead atoms. The first-order chi connectivity index (χ1) is 18.9. The highest BCUT2D eigenvalue weighted by Gasteiger charge is 2.21. The topological polar surface area (TPSA) is 8.17 Å². The largest absolute Gasteiger partial charge is 0.313 e. The van der Waals surface area contributed by atoms with Gasteiger partial charge in [0.15, 0.2) is 0 Å². The summed E-state index contributed by atoms with van der Waals surface area (Å²) >= 11 is 0. The van der Waals surface area contributed by atoms with Crippen molar-refractivity contribution in [2.24, 2.45) is 0 Å². The van der Waals surface area contributed by atoms with Gasteiger partial charge in [0.25, 0.3) is 0 Å². The Labute approximate surface area is 223 Å². The third-order valence-corrected chi connectivity index (χ3v) is 7.44. The minimum Gasteiger partial charge on any atom is -0.313 e. The second kappa shape index (κ2) is 9.57. The van der Waals surface area contributed by atoms with Crippen molar-refractivity contribution in [2.75, 3.05) is 4.90 Å². The number of rotatable bonds is 5. The number of fused-ring (bicyclic) bond motifs is 3. The molecule has 0 radical (unpaired) electrons. The van der Waals surface area contributed by atoms with Crippen molar-refractivity contribution in [2.45, 2.75) is 12.8 Å². The van der Waals surface area contributed by atoms with Crippen LogP contribution in [-0.4, -0.2) is 4.57 Å². The highest BCUT2D eigenvalue weighted by atomic mass is 15.1. The summed E-state index contributed by atoms with van der Waals surface area (Å²) in [5, 5.41) is 1.29. The molecule has 0 saturated carbocycles. The van der Waals surface area contributed by atoms with E-state index in [-0.39, 0.29) is 0 Å². The Balaban J connectivity index is 1.39. The molecule has 1 aliphatic rings. The Bertz CT molecular complexity index is 1730. The lowest BCUT2D eigenvalue weighted by atomic mass is 10.0. The molecule has 6 aromatic rings. The average molecular weight is 489 g/mol. The van der Waals surface area contributed by atoms with Crippen LogP contribution in [0.5, 0.6) is 0 Å². The SMILES string of the molecule is C1=Cc2c(n(-c3ccccc3)c3ccc(N(c4ccccc4)c4ccc(-c5ccccc5)cc4)cc23)CC1. The number of hydrogen-bond acceptors (Lipinski definition) is 1. The molecule has 1 heterocycles. The molecule has 7 rings (SSSR count). The molecule has 5 aromatic carbocycles. The maximum Gasteiger partial charge on any atom is 0.0539 e. The van der Waals surface area contributed by atoms with E-state index in [0.29, 0.717) is 0 Å². The molecule has 0 saturated heterocycles. The third kappa shape index (κ3) is 3.91. The summed E-state index contributed by atoms with van der Waals surface area (Å²) in [6, 6.07) is 47.7. The van der Waals surface area contributed by atoms with E-state index < -0.39 is 0 Å². The van der Waals surface area contributed by atoms with Gasteiger partial charge in [0.1, 0.15) is 0 Å².